The summed E-state index contributed by atoms with van der Waals surface area (Å²) in [6.45, 7) is 4.84. The minimum atomic E-state index is -0.265. The molecule has 12 aromatic carbocycles. The Morgan fingerprint density at radius 3 is 1.28 bits per heavy atom. The Labute approximate surface area is 413 Å². The van der Waals surface area contributed by atoms with Crippen molar-refractivity contribution in [2.24, 2.45) is 0 Å². The van der Waals surface area contributed by atoms with E-state index in [2.05, 4.69) is 266 Å². The lowest BCUT2D eigenvalue weighted by Gasteiger charge is -2.30. The smallest absolute Gasteiger partial charge is 0.0561 e. The quantitative estimate of drug-likeness (QED) is 0.160. The Balaban J connectivity index is 0.985. The number of fused-ring (bicyclic) bond motifs is 20. The van der Waals surface area contributed by atoms with Gasteiger partial charge in [0.1, 0.15) is 0 Å². The molecular formula is C69H46N2. The van der Waals surface area contributed by atoms with Crippen LogP contribution >= 0.6 is 0 Å². The van der Waals surface area contributed by atoms with E-state index >= 15 is 0 Å². The minimum absolute atomic E-state index is 0.265. The first-order valence-corrected chi connectivity index (χ1v) is 24.8. The van der Waals surface area contributed by atoms with Crippen molar-refractivity contribution in [3.8, 4) is 61.3 Å². The summed E-state index contributed by atoms with van der Waals surface area (Å²) in [7, 11) is 0. The third-order valence-electron chi connectivity index (χ3n) is 15.9. The van der Waals surface area contributed by atoms with E-state index in [4.69, 9.17) is 0 Å². The van der Waals surface area contributed by atoms with E-state index in [0.717, 1.165) is 22.7 Å². The minimum Gasteiger partial charge on any atom is -0.310 e. The Morgan fingerprint density at radius 1 is 0.268 bits per heavy atom. The van der Waals surface area contributed by atoms with Crippen LogP contribution in [-0.4, -0.2) is 4.57 Å². The van der Waals surface area contributed by atoms with Crippen LogP contribution in [0.25, 0.3) is 115 Å². The number of benzene rings is 12. The second-order valence-corrected chi connectivity index (χ2v) is 20.0. The summed E-state index contributed by atoms with van der Waals surface area (Å²) in [6.07, 6.45) is 0. The molecule has 2 heteroatoms. The average Bonchev–Trinajstić information content (AvgIpc) is 3.87. The highest BCUT2D eigenvalue weighted by Gasteiger charge is 2.37. The number of anilines is 3. The zero-order valence-corrected chi connectivity index (χ0v) is 39.5. The lowest BCUT2D eigenvalue weighted by Crippen LogP contribution is -2.16. The van der Waals surface area contributed by atoms with Gasteiger partial charge in [0.05, 0.1) is 11.0 Å². The molecule has 71 heavy (non-hydrogen) atoms. The van der Waals surface area contributed by atoms with Crippen LogP contribution in [-0.2, 0) is 5.41 Å². The highest BCUT2D eigenvalue weighted by molar-refractivity contribution is 6.26. The van der Waals surface area contributed by atoms with Gasteiger partial charge in [-0.2, -0.15) is 0 Å². The number of hydrogen-bond donors (Lipinski definition) is 0. The summed E-state index contributed by atoms with van der Waals surface area (Å²) in [6, 6.07) is 90.7. The summed E-state index contributed by atoms with van der Waals surface area (Å²) in [4.78, 5) is 2.50. The molecule has 0 spiro atoms. The lowest BCUT2D eigenvalue weighted by atomic mass is 9.80. The molecule has 0 aliphatic heterocycles. The van der Waals surface area contributed by atoms with Crippen molar-refractivity contribution in [2.45, 2.75) is 19.3 Å². The molecule has 0 unspecified atom stereocenters. The van der Waals surface area contributed by atoms with Crippen molar-refractivity contribution in [2.75, 3.05) is 4.90 Å². The predicted molar refractivity (Wildman–Crippen MR) is 301 cm³/mol. The van der Waals surface area contributed by atoms with Crippen LogP contribution in [0.1, 0.15) is 25.0 Å². The van der Waals surface area contributed by atoms with Crippen molar-refractivity contribution >= 4 is 71.2 Å². The van der Waals surface area contributed by atoms with Gasteiger partial charge in [0.15, 0.2) is 0 Å². The molecule has 2 nitrogen and oxygen atoms in total. The number of nitrogens with zero attached hydrogens (tertiary/aromatic N) is 2. The van der Waals surface area contributed by atoms with Crippen LogP contribution in [0, 0.1) is 0 Å². The van der Waals surface area contributed by atoms with Gasteiger partial charge >= 0.3 is 0 Å². The third kappa shape index (κ3) is 5.76. The monoisotopic (exact) mass is 902 g/mol. The summed E-state index contributed by atoms with van der Waals surface area (Å²) in [5, 5.41) is 10.3. The van der Waals surface area contributed by atoms with E-state index in [9.17, 15) is 0 Å². The van der Waals surface area contributed by atoms with Gasteiger partial charge in [-0.15, -0.1) is 0 Å². The van der Waals surface area contributed by atoms with Gasteiger partial charge in [-0.3, -0.25) is 0 Å². The van der Waals surface area contributed by atoms with Gasteiger partial charge in [-0.05, 0) is 166 Å². The number of rotatable bonds is 4. The van der Waals surface area contributed by atoms with Crippen LogP contribution in [0.2, 0.25) is 0 Å². The van der Waals surface area contributed by atoms with E-state index in [1.807, 2.05) is 0 Å². The van der Waals surface area contributed by atoms with Gasteiger partial charge in [-0.25, -0.2) is 0 Å². The maximum Gasteiger partial charge on any atom is 0.0561 e. The Bertz CT molecular complexity index is 4370. The van der Waals surface area contributed by atoms with Crippen molar-refractivity contribution in [3.63, 3.8) is 0 Å². The third-order valence-corrected chi connectivity index (χ3v) is 15.9. The Kier molecular flexibility index (Phi) is 8.45. The summed E-state index contributed by atoms with van der Waals surface area (Å²) in [5.41, 5.74) is 21.8. The molecule has 1 aromatic heterocycles. The maximum absolute atomic E-state index is 2.51. The first-order chi connectivity index (χ1) is 35.0. The summed E-state index contributed by atoms with van der Waals surface area (Å²) < 4.78 is 2.43. The molecule has 2 aliphatic carbocycles. The Hall–Kier alpha value is -8.98. The molecule has 1 heterocycles. The lowest BCUT2D eigenvalue weighted by molar-refractivity contribution is 0.661. The highest BCUT2D eigenvalue weighted by atomic mass is 15.1. The molecule has 0 saturated heterocycles. The molecular weight excluding hydrogens is 857 g/mol. The van der Waals surface area contributed by atoms with Gasteiger partial charge in [0.25, 0.3) is 0 Å². The fraction of sp³-hybridized carbons (Fsp3) is 0.0435. The molecule has 0 saturated carbocycles. The van der Waals surface area contributed by atoms with Gasteiger partial charge in [0.2, 0.25) is 0 Å². The highest BCUT2D eigenvalue weighted by Crippen LogP contribution is 2.55. The van der Waals surface area contributed by atoms with Crippen LogP contribution in [0.3, 0.4) is 0 Å². The fourth-order valence-electron chi connectivity index (χ4n) is 12.6. The fourth-order valence-corrected chi connectivity index (χ4v) is 12.6. The summed E-state index contributed by atoms with van der Waals surface area (Å²) in [5.74, 6) is 0. The second-order valence-electron chi connectivity index (χ2n) is 20.0. The normalized spacial score (nSPS) is 13.0. The van der Waals surface area contributed by atoms with E-state index in [-0.39, 0.29) is 5.41 Å². The average molecular weight is 903 g/mol. The molecule has 0 amide bonds. The standard InChI is InChI=1S/C69H46N2/c1-69(2)65-39-45(33-36-58(65)64-41-62-55-28-14-11-24-51(55)52-25-12-15-29-56(52)63(62)42-66(64)69)70(46-34-37-60-59-30-16-17-31-67(59)71(68(60)40-46)43-18-4-3-5-19-43)44-32-35-57-53-26-9-8-22-49(53)47-20-6-7-21-48(47)50-23-10-13-27-54(50)61(57)38-44/h3-42H,1-2H3. The molecule has 0 radical (unpaired) electrons. The SMILES string of the molecule is CC1(C)c2cc(N(c3ccc4c(c3)-c3ccccc3-c3ccccc3-c3ccccc3-4)c3ccc4c5ccccc5n(-c5ccccc5)c4c3)ccc2-c2cc3c4ccccc4c4ccccc4c3cc21. The Morgan fingerprint density at radius 2 is 0.676 bits per heavy atom. The van der Waals surface area contributed by atoms with Crippen molar-refractivity contribution < 1.29 is 0 Å². The molecule has 0 atom stereocenters. The van der Waals surface area contributed by atoms with E-state index in [1.165, 1.54) is 121 Å². The topological polar surface area (TPSA) is 8.17 Å². The molecule has 15 rings (SSSR count). The first kappa shape index (κ1) is 40.0. The van der Waals surface area contributed by atoms with Gasteiger partial charge in [-0.1, -0.05) is 190 Å². The summed E-state index contributed by atoms with van der Waals surface area (Å²) >= 11 is 0. The maximum atomic E-state index is 2.51. The second kappa shape index (κ2) is 15.0. The van der Waals surface area contributed by atoms with Crippen LogP contribution in [0.5, 0.6) is 0 Å². The number of para-hydroxylation sites is 2. The largest absolute Gasteiger partial charge is 0.310 e. The zero-order chi connectivity index (χ0) is 47.0. The van der Waals surface area contributed by atoms with Gasteiger partial charge < -0.3 is 9.47 Å². The molecule has 2 aliphatic rings. The van der Waals surface area contributed by atoms with Crippen molar-refractivity contribution in [1.82, 2.24) is 4.57 Å². The molecule has 332 valence electrons. The molecule has 0 N–H and O–H groups in total. The zero-order valence-electron chi connectivity index (χ0n) is 39.5. The molecule has 0 fully saturated rings. The molecule has 0 bridgehead atoms. The predicted octanol–water partition coefficient (Wildman–Crippen LogP) is 19.0. The van der Waals surface area contributed by atoms with E-state index in [1.54, 1.807) is 0 Å². The van der Waals surface area contributed by atoms with Crippen molar-refractivity contribution in [3.05, 3.63) is 254 Å². The van der Waals surface area contributed by atoms with E-state index in [0.29, 0.717) is 0 Å². The molecule has 13 aromatic rings. The first-order valence-electron chi connectivity index (χ1n) is 24.8. The number of hydrogen-bond acceptors (Lipinski definition) is 1. The number of aromatic nitrogens is 1. The van der Waals surface area contributed by atoms with Crippen LogP contribution in [0.15, 0.2) is 243 Å². The van der Waals surface area contributed by atoms with E-state index < -0.39 is 0 Å². The van der Waals surface area contributed by atoms with Crippen LogP contribution in [0.4, 0.5) is 17.1 Å². The van der Waals surface area contributed by atoms with Gasteiger partial charge in [0, 0.05) is 38.9 Å². The van der Waals surface area contributed by atoms with Crippen molar-refractivity contribution in [1.29, 1.82) is 0 Å². The van der Waals surface area contributed by atoms with Crippen LogP contribution < -0.4 is 4.90 Å².